The highest BCUT2D eigenvalue weighted by Crippen LogP contribution is 2.68. The molecule has 0 unspecified atom stereocenters. The lowest BCUT2D eigenvalue weighted by Gasteiger charge is -2.58. The lowest BCUT2D eigenvalue weighted by Crippen LogP contribution is -2.51. The lowest BCUT2D eigenvalue weighted by atomic mass is 9.46. The number of methoxy groups -OCH3 is 1. The number of carbonyl (C=O) groups is 2. The Morgan fingerprint density at radius 3 is 2.62 bits per heavy atom. The van der Waals surface area contributed by atoms with Crippen LogP contribution in [-0.2, 0) is 14.3 Å². The maximum absolute atomic E-state index is 12.4. The van der Waals surface area contributed by atoms with E-state index in [1.54, 1.807) is 0 Å². The van der Waals surface area contributed by atoms with Gasteiger partial charge in [-0.2, -0.15) is 0 Å². The molecule has 0 radical (unpaired) electrons. The van der Waals surface area contributed by atoms with Gasteiger partial charge in [0, 0.05) is 11.3 Å². The summed E-state index contributed by atoms with van der Waals surface area (Å²) in [5.41, 5.74) is 10.7. The number of ether oxygens (including phenoxy) is 1. The predicted molar refractivity (Wildman–Crippen MR) is 109 cm³/mol. The standard InChI is InChI=1S/C23H33N3O3/c1-13(21(28)29-4)15-7-8-16-14-5-6-18-20(25-26-24)19(27)10-12-23(18,3)17(14)9-11-22(15,16)2/h13-17H,5-12H2,1-4H3/t13-,14-,15+,16-,17-,22+,23+/m0/s1. The van der Waals surface area contributed by atoms with Crippen LogP contribution in [0.2, 0.25) is 0 Å². The molecule has 4 rings (SSSR count). The van der Waals surface area contributed by atoms with Crippen molar-refractivity contribution in [3.63, 3.8) is 0 Å². The molecular weight excluding hydrogens is 366 g/mol. The van der Waals surface area contributed by atoms with Crippen LogP contribution in [0, 0.1) is 40.4 Å². The topological polar surface area (TPSA) is 92.1 Å². The third-order valence-electron chi connectivity index (χ3n) is 9.49. The van der Waals surface area contributed by atoms with Crippen LogP contribution in [0.5, 0.6) is 0 Å². The Kier molecular flexibility index (Phi) is 5.05. The molecule has 6 nitrogen and oxygen atoms in total. The van der Waals surface area contributed by atoms with Crippen LogP contribution in [0.15, 0.2) is 16.4 Å². The van der Waals surface area contributed by atoms with Crippen molar-refractivity contribution in [3.05, 3.63) is 21.7 Å². The van der Waals surface area contributed by atoms with Crippen molar-refractivity contribution < 1.29 is 14.3 Å². The number of ketones is 1. The predicted octanol–water partition coefficient (Wildman–Crippen LogP) is 5.58. The van der Waals surface area contributed by atoms with Crippen molar-refractivity contribution in [2.75, 3.05) is 7.11 Å². The van der Waals surface area contributed by atoms with Gasteiger partial charge >= 0.3 is 5.97 Å². The van der Waals surface area contributed by atoms with Crippen molar-refractivity contribution in [1.82, 2.24) is 0 Å². The van der Waals surface area contributed by atoms with E-state index in [0.29, 0.717) is 35.8 Å². The first-order valence-electron chi connectivity index (χ1n) is 11.2. The van der Waals surface area contributed by atoms with E-state index in [0.717, 1.165) is 44.1 Å². The van der Waals surface area contributed by atoms with Gasteiger partial charge in [-0.1, -0.05) is 31.5 Å². The van der Waals surface area contributed by atoms with Crippen molar-refractivity contribution in [2.45, 2.75) is 72.1 Å². The minimum atomic E-state index is -0.0791. The average Bonchev–Trinajstić information content (AvgIpc) is 3.06. The van der Waals surface area contributed by atoms with Gasteiger partial charge in [-0.3, -0.25) is 9.59 Å². The molecule has 0 aromatic rings. The van der Waals surface area contributed by atoms with Crippen molar-refractivity contribution in [3.8, 4) is 0 Å². The Morgan fingerprint density at radius 2 is 1.93 bits per heavy atom. The Bertz CT molecular complexity index is 814. The van der Waals surface area contributed by atoms with E-state index in [9.17, 15) is 9.59 Å². The first kappa shape index (κ1) is 20.5. The number of carbonyl (C=O) groups excluding carboxylic acids is 2. The van der Waals surface area contributed by atoms with E-state index in [4.69, 9.17) is 10.3 Å². The third-order valence-corrected chi connectivity index (χ3v) is 9.49. The minimum Gasteiger partial charge on any atom is -0.469 e. The molecule has 4 aliphatic carbocycles. The number of fused-ring (bicyclic) bond motifs is 5. The molecule has 158 valence electrons. The van der Waals surface area contributed by atoms with Gasteiger partial charge in [-0.25, -0.2) is 0 Å². The van der Waals surface area contributed by atoms with E-state index in [1.165, 1.54) is 13.5 Å². The molecule has 0 N–H and O–H groups in total. The van der Waals surface area contributed by atoms with Gasteiger partial charge in [0.25, 0.3) is 0 Å². The third kappa shape index (κ3) is 2.86. The fraction of sp³-hybridized carbons (Fsp3) is 0.826. The SMILES string of the molecule is COC(=O)[C@@H](C)[C@H]1CC[C@H]2[C@@H]3CCC4=C(N=[N+]=[N-])C(=O)CC[C@]4(C)[C@H]3CC[C@]12C. The van der Waals surface area contributed by atoms with Gasteiger partial charge in [0.05, 0.1) is 18.7 Å². The van der Waals surface area contributed by atoms with Crippen molar-refractivity contribution >= 4 is 11.8 Å². The van der Waals surface area contributed by atoms with Crippen LogP contribution in [0.1, 0.15) is 72.1 Å². The number of esters is 1. The number of hydrogen-bond acceptors (Lipinski definition) is 4. The zero-order chi connectivity index (χ0) is 21.0. The van der Waals surface area contributed by atoms with Crippen LogP contribution in [0.3, 0.4) is 0 Å². The monoisotopic (exact) mass is 399 g/mol. The Balaban J connectivity index is 1.66. The number of nitrogens with zero attached hydrogens (tertiary/aromatic N) is 3. The van der Waals surface area contributed by atoms with Gasteiger partial charge in [0.15, 0.2) is 5.78 Å². The number of rotatable bonds is 3. The molecule has 4 aliphatic rings. The fourth-order valence-electron chi connectivity index (χ4n) is 8.06. The number of azide groups is 1. The molecule has 0 amide bonds. The average molecular weight is 400 g/mol. The molecule has 3 fully saturated rings. The maximum Gasteiger partial charge on any atom is 0.308 e. The summed E-state index contributed by atoms with van der Waals surface area (Å²) in [5, 5.41) is 3.84. The summed E-state index contributed by atoms with van der Waals surface area (Å²) in [6.45, 7) is 6.76. The molecule has 7 atom stereocenters. The van der Waals surface area contributed by atoms with E-state index < -0.39 is 0 Å². The van der Waals surface area contributed by atoms with Crippen molar-refractivity contribution in [2.24, 2.45) is 45.5 Å². The van der Waals surface area contributed by atoms with Crippen molar-refractivity contribution in [1.29, 1.82) is 0 Å². The van der Waals surface area contributed by atoms with Gasteiger partial charge in [0.2, 0.25) is 0 Å². The van der Waals surface area contributed by atoms with Gasteiger partial charge in [-0.15, -0.1) is 0 Å². The van der Waals surface area contributed by atoms with E-state index in [2.05, 4.69) is 23.9 Å². The molecule has 6 heteroatoms. The van der Waals surface area contributed by atoms with E-state index in [-0.39, 0.29) is 28.5 Å². The normalized spacial score (nSPS) is 42.3. The quantitative estimate of drug-likeness (QED) is 0.268. The summed E-state index contributed by atoms with van der Waals surface area (Å²) in [7, 11) is 1.49. The van der Waals surface area contributed by atoms with E-state index in [1.807, 2.05) is 6.92 Å². The van der Waals surface area contributed by atoms with Gasteiger partial charge < -0.3 is 4.74 Å². The van der Waals surface area contributed by atoms with Gasteiger partial charge in [0.1, 0.15) is 0 Å². The first-order valence-corrected chi connectivity index (χ1v) is 11.2. The second-order valence-electron chi connectivity index (χ2n) is 10.3. The highest BCUT2D eigenvalue weighted by molar-refractivity contribution is 5.97. The summed E-state index contributed by atoms with van der Waals surface area (Å²) < 4.78 is 5.07. The first-order chi connectivity index (χ1) is 13.8. The Labute approximate surface area is 173 Å². The lowest BCUT2D eigenvalue weighted by molar-refractivity contribution is -0.150. The molecule has 29 heavy (non-hydrogen) atoms. The zero-order valence-electron chi connectivity index (χ0n) is 18.1. The van der Waals surface area contributed by atoms with Crippen LogP contribution in [-0.4, -0.2) is 18.9 Å². The minimum absolute atomic E-state index is 0.0159. The summed E-state index contributed by atoms with van der Waals surface area (Å²) >= 11 is 0. The second kappa shape index (κ2) is 7.16. The van der Waals surface area contributed by atoms with Crippen LogP contribution in [0.25, 0.3) is 10.4 Å². The highest BCUT2D eigenvalue weighted by atomic mass is 16.5. The Morgan fingerprint density at radius 1 is 1.17 bits per heavy atom. The largest absolute Gasteiger partial charge is 0.469 e. The molecule has 0 spiro atoms. The highest BCUT2D eigenvalue weighted by Gasteiger charge is 2.60. The molecule has 0 saturated heterocycles. The zero-order valence-corrected chi connectivity index (χ0v) is 18.1. The summed E-state index contributed by atoms with van der Waals surface area (Å²) in [5.74, 6) is 2.05. The molecule has 0 aliphatic heterocycles. The summed E-state index contributed by atoms with van der Waals surface area (Å²) in [6.07, 6.45) is 7.82. The second-order valence-corrected chi connectivity index (χ2v) is 10.3. The molecular formula is C23H33N3O3. The van der Waals surface area contributed by atoms with Crippen LogP contribution >= 0.6 is 0 Å². The van der Waals surface area contributed by atoms with E-state index >= 15 is 0 Å². The molecule has 0 aromatic carbocycles. The summed E-state index contributed by atoms with van der Waals surface area (Å²) in [4.78, 5) is 27.6. The maximum atomic E-state index is 12.4. The molecule has 0 bridgehead atoms. The molecule has 0 aromatic heterocycles. The molecule has 0 heterocycles. The smallest absolute Gasteiger partial charge is 0.308 e. The van der Waals surface area contributed by atoms with Gasteiger partial charge in [-0.05, 0) is 85.0 Å². The van der Waals surface area contributed by atoms with Crippen LogP contribution < -0.4 is 0 Å². The number of Topliss-reactive ketones (excluding diaryl/α,β-unsaturated/α-hetero) is 1. The number of allylic oxidation sites excluding steroid dienone is 1. The number of hydrogen-bond donors (Lipinski definition) is 0. The summed E-state index contributed by atoms with van der Waals surface area (Å²) in [6, 6.07) is 0. The Hall–Kier alpha value is -1.81. The fourth-order valence-corrected chi connectivity index (χ4v) is 8.06. The molecule has 3 saturated carbocycles. The van der Waals surface area contributed by atoms with Crippen LogP contribution in [0.4, 0.5) is 0 Å².